The number of aromatic nitrogens is 2. The number of para-hydroxylation sites is 1. The van der Waals surface area contributed by atoms with Crippen LogP contribution in [-0.4, -0.2) is 33.9 Å². The summed E-state index contributed by atoms with van der Waals surface area (Å²) in [5.74, 6) is 0.776. The molecule has 4 aromatic rings. The molecule has 32 heavy (non-hydrogen) atoms. The van der Waals surface area contributed by atoms with E-state index < -0.39 is 0 Å². The summed E-state index contributed by atoms with van der Waals surface area (Å²) >= 11 is 0. The third-order valence-corrected chi connectivity index (χ3v) is 6.53. The molecule has 1 aromatic heterocycles. The molecule has 0 radical (unpaired) electrons. The normalized spacial score (nSPS) is 15.3. The van der Waals surface area contributed by atoms with Crippen molar-refractivity contribution in [3.05, 3.63) is 77.9 Å². The Morgan fingerprint density at radius 3 is 2.44 bits per heavy atom. The molecule has 5 heteroatoms. The average molecular weight is 425 g/mol. The Morgan fingerprint density at radius 1 is 1.00 bits per heavy atom. The Hall–Kier alpha value is -3.44. The number of primary amides is 1. The maximum atomic E-state index is 11.4. The summed E-state index contributed by atoms with van der Waals surface area (Å²) in [7, 11) is 0. The average Bonchev–Trinajstić information content (AvgIpc) is 3.26. The van der Waals surface area contributed by atoms with Crippen molar-refractivity contribution < 1.29 is 4.79 Å². The number of hydrogen-bond acceptors (Lipinski definition) is 3. The predicted molar refractivity (Wildman–Crippen MR) is 129 cm³/mol. The number of carbonyl (C=O) groups is 1. The summed E-state index contributed by atoms with van der Waals surface area (Å²) in [5, 5.41) is 0. The molecule has 162 valence electrons. The topological polar surface area (TPSA) is 75.0 Å². The highest BCUT2D eigenvalue weighted by atomic mass is 16.1. The molecule has 0 bridgehead atoms. The van der Waals surface area contributed by atoms with Crippen LogP contribution in [0.15, 0.2) is 66.7 Å². The minimum atomic E-state index is -0.158. The first-order valence-corrected chi connectivity index (χ1v) is 11.2. The highest BCUT2D eigenvalue weighted by molar-refractivity contribution is 5.83. The molecule has 1 saturated heterocycles. The number of imidazole rings is 1. The number of nitrogens with zero attached hydrogens (tertiary/aromatic N) is 2. The van der Waals surface area contributed by atoms with Crippen LogP contribution in [0.25, 0.3) is 33.5 Å². The van der Waals surface area contributed by atoms with Gasteiger partial charge in [-0.1, -0.05) is 54.6 Å². The smallest absolute Gasteiger partial charge is 0.220 e. The van der Waals surface area contributed by atoms with Crippen LogP contribution in [0.3, 0.4) is 0 Å². The molecule has 5 rings (SSSR count). The van der Waals surface area contributed by atoms with E-state index in [9.17, 15) is 4.79 Å². The quantitative estimate of drug-likeness (QED) is 0.478. The highest BCUT2D eigenvalue weighted by Crippen LogP contribution is 2.28. The summed E-state index contributed by atoms with van der Waals surface area (Å²) in [5.41, 5.74) is 13.4. The van der Waals surface area contributed by atoms with Gasteiger partial charge in [-0.05, 0) is 67.2 Å². The van der Waals surface area contributed by atoms with Crippen molar-refractivity contribution in [2.24, 2.45) is 11.7 Å². The molecule has 1 aliphatic heterocycles. The molecule has 3 N–H and O–H groups in total. The molecule has 2 heterocycles. The van der Waals surface area contributed by atoms with E-state index in [0.717, 1.165) is 54.9 Å². The molecule has 5 nitrogen and oxygen atoms in total. The van der Waals surface area contributed by atoms with E-state index in [2.05, 4.69) is 83.5 Å². The molecule has 1 amide bonds. The summed E-state index contributed by atoms with van der Waals surface area (Å²) < 4.78 is 0. The molecule has 0 saturated carbocycles. The number of fused-ring (bicyclic) bond motifs is 1. The SMILES string of the molecule is Cc1cccc2[nH]c(-c3cccc(-c4ccc(CN5CCC(C(N)=O)CC5)cc4)c3)nc12. The number of nitrogens with one attached hydrogen (secondary N) is 1. The van der Waals surface area contributed by atoms with Gasteiger partial charge in [-0.2, -0.15) is 0 Å². The molecule has 3 aromatic carbocycles. The number of H-pyrrole nitrogens is 1. The van der Waals surface area contributed by atoms with Crippen molar-refractivity contribution in [1.82, 2.24) is 14.9 Å². The van der Waals surface area contributed by atoms with Gasteiger partial charge in [0.2, 0.25) is 5.91 Å². The van der Waals surface area contributed by atoms with Crippen LogP contribution in [-0.2, 0) is 11.3 Å². The standard InChI is InChI=1S/C27H28N4O/c1-18-4-2-7-24-25(18)30-27(29-24)23-6-3-5-22(16-23)20-10-8-19(9-11-20)17-31-14-12-21(13-15-31)26(28)32/h2-11,16,21H,12-15,17H2,1H3,(H2,28,32)(H,29,30). The zero-order valence-electron chi connectivity index (χ0n) is 18.3. The Balaban J connectivity index is 1.31. The van der Waals surface area contributed by atoms with Gasteiger partial charge >= 0.3 is 0 Å². The van der Waals surface area contributed by atoms with E-state index in [-0.39, 0.29) is 11.8 Å². The van der Waals surface area contributed by atoms with Gasteiger partial charge in [-0.3, -0.25) is 9.69 Å². The van der Waals surface area contributed by atoms with Crippen molar-refractivity contribution in [2.75, 3.05) is 13.1 Å². The minimum absolute atomic E-state index is 0.0385. The minimum Gasteiger partial charge on any atom is -0.369 e. The highest BCUT2D eigenvalue weighted by Gasteiger charge is 2.22. The molecule has 0 aliphatic carbocycles. The second kappa shape index (κ2) is 8.60. The van der Waals surface area contributed by atoms with E-state index in [1.807, 2.05) is 0 Å². The molecular weight excluding hydrogens is 396 g/mol. The fourth-order valence-electron chi connectivity index (χ4n) is 4.59. The lowest BCUT2D eigenvalue weighted by Crippen LogP contribution is -2.38. The van der Waals surface area contributed by atoms with Crippen LogP contribution >= 0.6 is 0 Å². The van der Waals surface area contributed by atoms with E-state index in [4.69, 9.17) is 10.7 Å². The summed E-state index contributed by atoms with van der Waals surface area (Å²) in [6, 6.07) is 23.5. The van der Waals surface area contributed by atoms with E-state index in [1.54, 1.807) is 0 Å². The number of piperidine rings is 1. The third-order valence-electron chi connectivity index (χ3n) is 6.53. The van der Waals surface area contributed by atoms with Gasteiger partial charge in [-0.15, -0.1) is 0 Å². The zero-order chi connectivity index (χ0) is 22.1. The first-order chi connectivity index (χ1) is 15.6. The third kappa shape index (κ3) is 4.16. The van der Waals surface area contributed by atoms with Crippen molar-refractivity contribution in [3.63, 3.8) is 0 Å². The van der Waals surface area contributed by atoms with Gasteiger partial charge in [0.1, 0.15) is 5.82 Å². The largest absolute Gasteiger partial charge is 0.369 e. The lowest BCUT2D eigenvalue weighted by atomic mass is 9.96. The van der Waals surface area contributed by atoms with Gasteiger partial charge in [0.25, 0.3) is 0 Å². The number of aryl methyl sites for hydroxylation is 1. The van der Waals surface area contributed by atoms with E-state index >= 15 is 0 Å². The van der Waals surface area contributed by atoms with Crippen LogP contribution in [0, 0.1) is 12.8 Å². The lowest BCUT2D eigenvalue weighted by molar-refractivity contribution is -0.123. The maximum Gasteiger partial charge on any atom is 0.220 e. The number of carbonyl (C=O) groups excluding carboxylic acids is 1. The Bertz CT molecular complexity index is 1250. The molecular formula is C27H28N4O. The predicted octanol–water partition coefficient (Wildman–Crippen LogP) is 4.90. The first-order valence-electron chi connectivity index (χ1n) is 11.2. The molecule has 1 aliphatic rings. The number of rotatable bonds is 5. The van der Waals surface area contributed by atoms with Crippen molar-refractivity contribution in [3.8, 4) is 22.5 Å². The Morgan fingerprint density at radius 2 is 1.72 bits per heavy atom. The zero-order valence-corrected chi connectivity index (χ0v) is 18.3. The molecule has 0 unspecified atom stereocenters. The lowest BCUT2D eigenvalue weighted by Gasteiger charge is -2.30. The first kappa shape index (κ1) is 20.5. The molecule has 0 spiro atoms. The van der Waals surface area contributed by atoms with Crippen LogP contribution in [0.2, 0.25) is 0 Å². The van der Waals surface area contributed by atoms with E-state index in [0.29, 0.717) is 0 Å². The number of amides is 1. The van der Waals surface area contributed by atoms with Crippen molar-refractivity contribution in [1.29, 1.82) is 0 Å². The maximum absolute atomic E-state index is 11.4. The van der Waals surface area contributed by atoms with Crippen LogP contribution in [0.4, 0.5) is 0 Å². The fourth-order valence-corrected chi connectivity index (χ4v) is 4.59. The van der Waals surface area contributed by atoms with Crippen molar-refractivity contribution >= 4 is 16.9 Å². The van der Waals surface area contributed by atoms with Crippen molar-refractivity contribution in [2.45, 2.75) is 26.3 Å². The second-order valence-electron chi connectivity index (χ2n) is 8.79. The van der Waals surface area contributed by atoms with E-state index in [1.165, 1.54) is 22.3 Å². The summed E-state index contributed by atoms with van der Waals surface area (Å²) in [6.07, 6.45) is 1.73. The number of benzene rings is 3. The number of aromatic amines is 1. The van der Waals surface area contributed by atoms with Crippen LogP contribution in [0.5, 0.6) is 0 Å². The number of likely N-dealkylation sites (tertiary alicyclic amines) is 1. The number of hydrogen-bond donors (Lipinski definition) is 2. The fraction of sp³-hybridized carbons (Fsp3) is 0.259. The molecule has 0 atom stereocenters. The second-order valence-corrected chi connectivity index (χ2v) is 8.79. The van der Waals surface area contributed by atoms with Gasteiger partial charge in [-0.25, -0.2) is 4.98 Å². The monoisotopic (exact) mass is 424 g/mol. The van der Waals surface area contributed by atoms with Gasteiger partial charge in [0, 0.05) is 18.0 Å². The summed E-state index contributed by atoms with van der Waals surface area (Å²) in [6.45, 7) is 4.85. The number of nitrogens with two attached hydrogens (primary N) is 1. The van der Waals surface area contributed by atoms with Crippen LogP contribution < -0.4 is 5.73 Å². The summed E-state index contributed by atoms with van der Waals surface area (Å²) in [4.78, 5) is 22.0. The van der Waals surface area contributed by atoms with Gasteiger partial charge < -0.3 is 10.7 Å². The van der Waals surface area contributed by atoms with Gasteiger partial charge in [0.05, 0.1) is 11.0 Å². The Labute approximate surface area is 188 Å². The van der Waals surface area contributed by atoms with Gasteiger partial charge in [0.15, 0.2) is 0 Å². The Kier molecular flexibility index (Phi) is 5.50. The molecule has 1 fully saturated rings. The van der Waals surface area contributed by atoms with Crippen LogP contribution in [0.1, 0.15) is 24.0 Å².